The van der Waals surface area contributed by atoms with Crippen LogP contribution in [-0.4, -0.2) is 15.0 Å². The van der Waals surface area contributed by atoms with Gasteiger partial charge in [0.2, 0.25) is 10.0 Å². The lowest BCUT2D eigenvalue weighted by molar-refractivity contribution is 0.475. The molecule has 1 aromatic carbocycles. The van der Waals surface area contributed by atoms with Crippen molar-refractivity contribution >= 4 is 10.0 Å². The molecule has 1 aliphatic carbocycles. The molecule has 0 atom stereocenters. The molecule has 1 aliphatic rings. The van der Waals surface area contributed by atoms with Crippen LogP contribution >= 0.6 is 0 Å². The van der Waals surface area contributed by atoms with Gasteiger partial charge in [0.05, 0.1) is 4.90 Å². The van der Waals surface area contributed by atoms with Gasteiger partial charge in [0, 0.05) is 18.7 Å². The van der Waals surface area contributed by atoms with E-state index in [1.165, 1.54) is 19.1 Å². The number of benzene rings is 1. The Morgan fingerprint density at radius 2 is 2.05 bits per heavy atom. The van der Waals surface area contributed by atoms with Crippen LogP contribution in [0.3, 0.4) is 0 Å². The van der Waals surface area contributed by atoms with Gasteiger partial charge in [0.25, 0.3) is 0 Å². The topological polar surface area (TPSA) is 72.2 Å². The van der Waals surface area contributed by atoms with Gasteiger partial charge >= 0.3 is 0 Å². The van der Waals surface area contributed by atoms with Crippen LogP contribution in [0.4, 0.5) is 4.39 Å². The molecule has 6 heteroatoms. The maximum atomic E-state index is 13.8. The van der Waals surface area contributed by atoms with Gasteiger partial charge in [-0.15, -0.1) is 0 Å². The van der Waals surface area contributed by atoms with E-state index in [4.69, 9.17) is 5.73 Å². The average Bonchev–Trinajstić information content (AvgIpc) is 3.20. The molecule has 1 fully saturated rings. The summed E-state index contributed by atoms with van der Waals surface area (Å²) < 4.78 is 41.1. The lowest BCUT2D eigenvalue weighted by Gasteiger charge is -2.15. The summed E-state index contributed by atoms with van der Waals surface area (Å²) in [4.78, 5) is -0.00940. The van der Waals surface area contributed by atoms with Crippen LogP contribution in [0.5, 0.6) is 0 Å². The second-order valence-corrected chi connectivity index (χ2v) is 7.32. The molecular weight excluding hydrogens is 279 g/mol. The van der Waals surface area contributed by atoms with Crippen LogP contribution in [0.1, 0.15) is 37.3 Å². The number of rotatable bonds is 6. The van der Waals surface area contributed by atoms with Crippen LogP contribution in [-0.2, 0) is 16.6 Å². The predicted molar refractivity (Wildman–Crippen MR) is 76.2 cm³/mol. The summed E-state index contributed by atoms with van der Waals surface area (Å²) in [5.74, 6) is -0.537. The number of halogens is 1. The zero-order valence-electron chi connectivity index (χ0n) is 11.9. The number of nitrogens with one attached hydrogen (secondary N) is 1. The van der Waals surface area contributed by atoms with Gasteiger partial charge in [0.15, 0.2) is 0 Å². The van der Waals surface area contributed by atoms with Gasteiger partial charge in [-0.1, -0.05) is 6.92 Å². The summed E-state index contributed by atoms with van der Waals surface area (Å²) >= 11 is 0. The van der Waals surface area contributed by atoms with E-state index in [-0.39, 0.29) is 22.4 Å². The van der Waals surface area contributed by atoms with Crippen molar-refractivity contribution in [3.8, 4) is 0 Å². The monoisotopic (exact) mass is 300 g/mol. The fourth-order valence-corrected chi connectivity index (χ4v) is 3.72. The molecule has 2 rings (SSSR count). The minimum Gasteiger partial charge on any atom is -0.326 e. The van der Waals surface area contributed by atoms with E-state index in [1.54, 1.807) is 0 Å². The van der Waals surface area contributed by atoms with Gasteiger partial charge in [-0.3, -0.25) is 0 Å². The first kappa shape index (κ1) is 15.4. The minimum absolute atomic E-state index is 0.00940. The Hall–Kier alpha value is -0.980. The van der Waals surface area contributed by atoms with Crippen molar-refractivity contribution in [3.63, 3.8) is 0 Å². The maximum Gasteiger partial charge on any atom is 0.240 e. The van der Waals surface area contributed by atoms with Crippen molar-refractivity contribution in [2.24, 2.45) is 11.1 Å². The molecule has 0 heterocycles. The largest absolute Gasteiger partial charge is 0.326 e. The number of nitrogens with two attached hydrogens (primary N) is 1. The van der Waals surface area contributed by atoms with Crippen LogP contribution in [0.25, 0.3) is 0 Å². The molecule has 1 saturated carbocycles. The van der Waals surface area contributed by atoms with Gasteiger partial charge in [-0.25, -0.2) is 17.5 Å². The van der Waals surface area contributed by atoms with Crippen molar-refractivity contribution < 1.29 is 12.8 Å². The predicted octanol–water partition coefficient (Wildman–Crippen LogP) is 2.06. The Morgan fingerprint density at radius 1 is 1.40 bits per heavy atom. The SMILES string of the molecule is CCC1(CNS(=O)(=O)c2cc(CN)cc(F)c2C)CC1. The van der Waals surface area contributed by atoms with E-state index in [9.17, 15) is 12.8 Å². The number of hydrogen-bond acceptors (Lipinski definition) is 3. The summed E-state index contributed by atoms with van der Waals surface area (Å²) in [6.07, 6.45) is 3.04. The second-order valence-electron chi connectivity index (χ2n) is 5.58. The molecule has 1 aromatic rings. The third-order valence-corrected chi connectivity index (χ3v) is 5.75. The first-order valence-electron chi connectivity index (χ1n) is 6.82. The smallest absolute Gasteiger partial charge is 0.240 e. The van der Waals surface area contributed by atoms with Crippen LogP contribution in [0.15, 0.2) is 17.0 Å². The van der Waals surface area contributed by atoms with Crippen molar-refractivity contribution in [2.75, 3.05) is 6.54 Å². The van der Waals surface area contributed by atoms with Gasteiger partial charge in [-0.05, 0) is 49.3 Å². The minimum atomic E-state index is -3.69. The summed E-state index contributed by atoms with van der Waals surface area (Å²) in [6, 6.07) is 2.73. The van der Waals surface area contributed by atoms with Crippen molar-refractivity contribution in [3.05, 3.63) is 29.1 Å². The second kappa shape index (κ2) is 5.42. The zero-order chi connectivity index (χ0) is 15.0. The Balaban J connectivity index is 2.27. The maximum absolute atomic E-state index is 13.8. The molecule has 0 aliphatic heterocycles. The van der Waals surface area contributed by atoms with Crippen molar-refractivity contribution in [1.29, 1.82) is 0 Å². The standard InChI is InChI=1S/C14H21FN2O2S/c1-3-14(4-5-14)9-17-20(18,19)13-7-11(8-16)6-12(15)10(13)2/h6-7,17H,3-5,8-9,16H2,1-2H3. The van der Waals surface area contributed by atoms with Crippen molar-refractivity contribution in [1.82, 2.24) is 4.72 Å². The lowest BCUT2D eigenvalue weighted by atomic mass is 10.1. The van der Waals surface area contributed by atoms with Crippen LogP contribution in [0.2, 0.25) is 0 Å². The Labute approximate surface area is 119 Å². The molecular formula is C14H21FN2O2S. The molecule has 0 unspecified atom stereocenters. The molecule has 0 aromatic heterocycles. The highest BCUT2D eigenvalue weighted by molar-refractivity contribution is 7.89. The summed E-state index contributed by atoms with van der Waals surface area (Å²) in [7, 11) is -3.69. The first-order valence-corrected chi connectivity index (χ1v) is 8.31. The van der Waals surface area contributed by atoms with E-state index in [0.717, 1.165) is 19.3 Å². The van der Waals surface area contributed by atoms with E-state index in [2.05, 4.69) is 11.6 Å². The highest BCUT2D eigenvalue weighted by Gasteiger charge is 2.41. The third kappa shape index (κ3) is 3.02. The van der Waals surface area contributed by atoms with Gasteiger partial charge in [0.1, 0.15) is 5.82 Å². The third-order valence-electron chi connectivity index (χ3n) is 4.23. The zero-order valence-corrected chi connectivity index (χ0v) is 12.7. The van der Waals surface area contributed by atoms with Gasteiger partial charge in [-0.2, -0.15) is 0 Å². The van der Waals surface area contributed by atoms with E-state index in [1.807, 2.05) is 0 Å². The highest BCUT2D eigenvalue weighted by atomic mass is 32.2. The van der Waals surface area contributed by atoms with E-state index >= 15 is 0 Å². The fraction of sp³-hybridized carbons (Fsp3) is 0.571. The molecule has 112 valence electrons. The Kier molecular flexibility index (Phi) is 4.18. The Morgan fingerprint density at radius 3 is 2.55 bits per heavy atom. The molecule has 0 saturated heterocycles. The fourth-order valence-electron chi connectivity index (χ4n) is 2.26. The Bertz CT molecular complexity index is 610. The summed E-state index contributed by atoms with van der Waals surface area (Å²) in [5, 5.41) is 0. The molecule has 0 radical (unpaired) electrons. The van der Waals surface area contributed by atoms with Gasteiger partial charge < -0.3 is 5.73 Å². The normalized spacial score (nSPS) is 17.2. The molecule has 0 spiro atoms. The van der Waals surface area contributed by atoms with Crippen LogP contribution < -0.4 is 10.5 Å². The van der Waals surface area contributed by atoms with Crippen LogP contribution in [0, 0.1) is 18.2 Å². The number of hydrogen-bond donors (Lipinski definition) is 2. The molecule has 20 heavy (non-hydrogen) atoms. The first-order chi connectivity index (χ1) is 9.33. The average molecular weight is 300 g/mol. The number of sulfonamides is 1. The highest BCUT2D eigenvalue weighted by Crippen LogP contribution is 2.48. The lowest BCUT2D eigenvalue weighted by Crippen LogP contribution is -2.30. The molecule has 4 nitrogen and oxygen atoms in total. The molecule has 0 bridgehead atoms. The quantitative estimate of drug-likeness (QED) is 0.844. The molecule has 3 N–H and O–H groups in total. The van der Waals surface area contributed by atoms with E-state index < -0.39 is 15.8 Å². The summed E-state index contributed by atoms with van der Waals surface area (Å²) in [6.45, 7) is 4.05. The van der Waals surface area contributed by atoms with E-state index in [0.29, 0.717) is 12.1 Å². The van der Waals surface area contributed by atoms with Crippen molar-refractivity contribution in [2.45, 2.75) is 44.6 Å². The summed E-state index contributed by atoms with van der Waals surface area (Å²) in [5.41, 5.74) is 6.19. The molecule has 0 amide bonds.